The number of rotatable bonds is 8. The number of hydrazone groups is 1. The molecule has 29 heavy (non-hydrogen) atoms. The lowest BCUT2D eigenvalue weighted by Crippen LogP contribution is -2.38. The number of nitrogens with zero attached hydrogens (tertiary/aromatic N) is 2. The molecule has 1 fully saturated rings. The summed E-state index contributed by atoms with van der Waals surface area (Å²) < 4.78 is 24.3. The van der Waals surface area contributed by atoms with Gasteiger partial charge in [0.1, 0.15) is 5.82 Å². The lowest BCUT2D eigenvalue weighted by molar-refractivity contribution is -0.134. The molecule has 0 spiro atoms. The van der Waals surface area contributed by atoms with E-state index in [1.165, 1.54) is 18.6 Å². The number of nitrogens with one attached hydrogen (secondary N) is 1. The fraction of sp³-hybridized carbons (Fsp3) is 0.364. The Kier molecular flexibility index (Phi) is 7.44. The number of amides is 1. The average molecular weight is 399 g/mol. The van der Waals surface area contributed by atoms with Crippen LogP contribution in [-0.2, 0) is 4.79 Å². The van der Waals surface area contributed by atoms with Crippen molar-refractivity contribution in [3.8, 4) is 11.5 Å². The summed E-state index contributed by atoms with van der Waals surface area (Å²) in [6.07, 6.45) is 4.92. The van der Waals surface area contributed by atoms with Crippen molar-refractivity contribution in [1.29, 1.82) is 0 Å². The number of anilines is 1. The first kappa shape index (κ1) is 20.6. The van der Waals surface area contributed by atoms with Gasteiger partial charge in [0.25, 0.3) is 5.91 Å². The van der Waals surface area contributed by atoms with Crippen LogP contribution in [0.1, 0.15) is 31.7 Å². The van der Waals surface area contributed by atoms with Gasteiger partial charge in [0.2, 0.25) is 0 Å². The summed E-state index contributed by atoms with van der Waals surface area (Å²) in [6, 6.07) is 11.3. The van der Waals surface area contributed by atoms with E-state index in [1.807, 2.05) is 17.9 Å². The molecule has 154 valence electrons. The quantitative estimate of drug-likeness (QED) is 0.537. The van der Waals surface area contributed by atoms with Crippen molar-refractivity contribution in [2.24, 2.45) is 5.10 Å². The third kappa shape index (κ3) is 6.20. The van der Waals surface area contributed by atoms with E-state index in [1.54, 1.807) is 30.5 Å². The van der Waals surface area contributed by atoms with Gasteiger partial charge >= 0.3 is 0 Å². The molecule has 0 unspecified atom stereocenters. The summed E-state index contributed by atoms with van der Waals surface area (Å²) in [5, 5.41) is 4.15. The van der Waals surface area contributed by atoms with E-state index in [4.69, 9.17) is 9.47 Å². The Morgan fingerprint density at radius 1 is 1.10 bits per heavy atom. The Morgan fingerprint density at radius 2 is 1.86 bits per heavy atom. The molecule has 7 heteroatoms. The molecule has 0 saturated carbocycles. The topological polar surface area (TPSA) is 63.2 Å². The van der Waals surface area contributed by atoms with Crippen LogP contribution in [0.15, 0.2) is 47.6 Å². The zero-order valence-corrected chi connectivity index (χ0v) is 16.6. The fourth-order valence-electron chi connectivity index (χ4n) is 3.07. The fourth-order valence-corrected chi connectivity index (χ4v) is 3.07. The van der Waals surface area contributed by atoms with Crippen molar-refractivity contribution in [2.45, 2.75) is 26.2 Å². The number of likely N-dealkylation sites (tertiary alicyclic amines) is 1. The van der Waals surface area contributed by atoms with Gasteiger partial charge in [-0.05, 0) is 74.2 Å². The predicted octanol–water partition coefficient (Wildman–Crippen LogP) is 4.06. The van der Waals surface area contributed by atoms with Crippen molar-refractivity contribution in [3.63, 3.8) is 0 Å². The molecular weight excluding hydrogens is 373 g/mol. The lowest BCUT2D eigenvalue weighted by atomic mass is 10.1. The molecule has 1 N–H and O–H groups in total. The van der Waals surface area contributed by atoms with E-state index in [-0.39, 0.29) is 18.3 Å². The second kappa shape index (κ2) is 10.5. The van der Waals surface area contributed by atoms with Crippen LogP contribution in [0.5, 0.6) is 11.5 Å². The summed E-state index contributed by atoms with van der Waals surface area (Å²) >= 11 is 0. The Balaban J connectivity index is 1.60. The highest BCUT2D eigenvalue weighted by Gasteiger charge is 2.17. The Morgan fingerprint density at radius 3 is 2.59 bits per heavy atom. The number of hydrogen-bond acceptors (Lipinski definition) is 5. The van der Waals surface area contributed by atoms with Crippen LogP contribution in [0.3, 0.4) is 0 Å². The van der Waals surface area contributed by atoms with E-state index >= 15 is 0 Å². The van der Waals surface area contributed by atoms with Crippen molar-refractivity contribution < 1.29 is 18.7 Å². The van der Waals surface area contributed by atoms with Crippen LogP contribution < -0.4 is 14.9 Å². The number of piperidine rings is 1. The van der Waals surface area contributed by atoms with E-state index < -0.39 is 0 Å². The minimum Gasteiger partial charge on any atom is -0.490 e. The summed E-state index contributed by atoms with van der Waals surface area (Å²) in [5.41, 5.74) is 4.33. The highest BCUT2D eigenvalue weighted by atomic mass is 19.1. The molecule has 0 radical (unpaired) electrons. The number of benzene rings is 2. The lowest BCUT2D eigenvalue weighted by Gasteiger charge is -2.26. The first-order valence-corrected chi connectivity index (χ1v) is 9.88. The third-order valence-corrected chi connectivity index (χ3v) is 4.58. The molecule has 3 rings (SSSR count). The molecule has 1 aliphatic rings. The summed E-state index contributed by atoms with van der Waals surface area (Å²) in [7, 11) is 0. The highest BCUT2D eigenvalue weighted by molar-refractivity contribution is 5.82. The Bertz CT molecular complexity index is 834. The van der Waals surface area contributed by atoms with Crippen molar-refractivity contribution >= 4 is 17.8 Å². The van der Waals surface area contributed by atoms with Crippen LogP contribution in [0.4, 0.5) is 10.1 Å². The number of carbonyl (C=O) groups excluding carboxylic acids is 1. The monoisotopic (exact) mass is 399 g/mol. The van der Waals surface area contributed by atoms with Crippen molar-refractivity contribution in [2.75, 3.05) is 31.7 Å². The van der Waals surface area contributed by atoms with Crippen LogP contribution in [-0.4, -0.2) is 43.3 Å². The smallest absolute Gasteiger partial charge is 0.260 e. The third-order valence-electron chi connectivity index (χ3n) is 4.58. The van der Waals surface area contributed by atoms with Crippen LogP contribution in [0.25, 0.3) is 0 Å². The number of hydrogen-bond donors (Lipinski definition) is 1. The molecule has 1 heterocycles. The van der Waals surface area contributed by atoms with E-state index in [0.29, 0.717) is 23.8 Å². The maximum Gasteiger partial charge on any atom is 0.260 e. The van der Waals surface area contributed by atoms with Crippen LogP contribution >= 0.6 is 0 Å². The molecule has 2 aromatic carbocycles. The van der Waals surface area contributed by atoms with Gasteiger partial charge in [-0.25, -0.2) is 4.39 Å². The highest BCUT2D eigenvalue weighted by Crippen LogP contribution is 2.28. The standard InChI is InChI=1S/C22H26FN3O3/c1-2-28-21-14-17(15-24-25-19-9-7-18(23)8-10-19)6-11-20(21)29-16-22(27)26-12-4-3-5-13-26/h6-11,14-15,25H,2-5,12-13,16H2,1H3/b24-15-. The number of halogens is 1. The van der Waals surface area contributed by atoms with E-state index in [2.05, 4.69) is 10.5 Å². The molecule has 6 nitrogen and oxygen atoms in total. The largest absolute Gasteiger partial charge is 0.490 e. The Labute approximate surface area is 170 Å². The maximum absolute atomic E-state index is 12.9. The molecule has 1 saturated heterocycles. The summed E-state index contributed by atoms with van der Waals surface area (Å²) in [6.45, 7) is 3.97. The molecule has 0 atom stereocenters. The van der Waals surface area contributed by atoms with Gasteiger partial charge in [0.05, 0.1) is 18.5 Å². The molecule has 0 bridgehead atoms. The van der Waals surface area contributed by atoms with Gasteiger partial charge in [-0.2, -0.15) is 5.10 Å². The normalized spacial score (nSPS) is 14.1. The molecule has 1 aliphatic heterocycles. The zero-order valence-electron chi connectivity index (χ0n) is 16.6. The molecule has 0 aliphatic carbocycles. The van der Waals surface area contributed by atoms with Gasteiger partial charge in [0.15, 0.2) is 18.1 Å². The number of carbonyl (C=O) groups is 1. The summed E-state index contributed by atoms with van der Waals surface area (Å²) in [5.74, 6) is 0.794. The molecule has 2 aromatic rings. The van der Waals surface area contributed by atoms with Gasteiger partial charge < -0.3 is 14.4 Å². The van der Waals surface area contributed by atoms with Crippen LogP contribution in [0.2, 0.25) is 0 Å². The Hall–Kier alpha value is -3.09. The van der Waals surface area contributed by atoms with Crippen molar-refractivity contribution in [1.82, 2.24) is 4.90 Å². The SMILES string of the molecule is CCOc1cc(/C=N\Nc2ccc(F)cc2)ccc1OCC(=O)N1CCCCC1. The zero-order chi connectivity index (χ0) is 20.5. The number of ether oxygens (including phenoxy) is 2. The first-order chi connectivity index (χ1) is 14.2. The average Bonchev–Trinajstić information content (AvgIpc) is 2.75. The molecule has 1 amide bonds. The predicted molar refractivity (Wildman–Crippen MR) is 111 cm³/mol. The second-order valence-corrected chi connectivity index (χ2v) is 6.75. The van der Waals surface area contributed by atoms with Crippen molar-refractivity contribution in [3.05, 3.63) is 53.8 Å². The molecular formula is C22H26FN3O3. The van der Waals surface area contributed by atoms with Gasteiger partial charge in [0, 0.05) is 13.1 Å². The van der Waals surface area contributed by atoms with E-state index in [9.17, 15) is 9.18 Å². The van der Waals surface area contributed by atoms with Gasteiger partial charge in [-0.1, -0.05) is 0 Å². The minimum absolute atomic E-state index is 0.000365. The maximum atomic E-state index is 12.9. The second-order valence-electron chi connectivity index (χ2n) is 6.75. The van der Waals surface area contributed by atoms with Gasteiger partial charge in [-0.3, -0.25) is 10.2 Å². The van der Waals surface area contributed by atoms with Crippen LogP contribution in [0, 0.1) is 5.82 Å². The summed E-state index contributed by atoms with van der Waals surface area (Å²) in [4.78, 5) is 14.2. The minimum atomic E-state index is -0.296. The van der Waals surface area contributed by atoms with E-state index in [0.717, 1.165) is 31.5 Å². The van der Waals surface area contributed by atoms with Gasteiger partial charge in [-0.15, -0.1) is 0 Å². The molecule has 0 aromatic heterocycles. The first-order valence-electron chi connectivity index (χ1n) is 9.88.